The zero-order chi connectivity index (χ0) is 16.1. The van der Waals surface area contributed by atoms with Crippen LogP contribution in [0.4, 0.5) is 10.5 Å². The molecule has 0 saturated carbocycles. The van der Waals surface area contributed by atoms with Gasteiger partial charge in [-0.25, -0.2) is 4.79 Å². The van der Waals surface area contributed by atoms with Gasteiger partial charge in [-0.3, -0.25) is 5.32 Å². The molecule has 2 aromatic carbocycles. The molecule has 0 bridgehead atoms. The SMILES string of the molecule is CN1CCC(COC(=O)Nc2ccccc2-c2ccccc2)C1. The molecule has 3 rings (SSSR count). The van der Waals surface area contributed by atoms with Crippen LogP contribution >= 0.6 is 0 Å². The van der Waals surface area contributed by atoms with E-state index in [0.717, 1.165) is 36.3 Å². The third-order valence-corrected chi connectivity index (χ3v) is 4.19. The van der Waals surface area contributed by atoms with Crippen molar-refractivity contribution in [2.24, 2.45) is 5.92 Å². The summed E-state index contributed by atoms with van der Waals surface area (Å²) in [6.07, 6.45) is 0.702. The molecule has 1 fully saturated rings. The molecule has 1 aliphatic heterocycles. The average molecular weight is 310 g/mol. The maximum atomic E-state index is 12.1. The van der Waals surface area contributed by atoms with Crippen LogP contribution in [0, 0.1) is 5.92 Å². The van der Waals surface area contributed by atoms with Crippen molar-refractivity contribution in [3.05, 3.63) is 54.6 Å². The first-order valence-electron chi connectivity index (χ1n) is 7.99. The minimum Gasteiger partial charge on any atom is -0.449 e. The minimum atomic E-state index is -0.386. The number of carbonyl (C=O) groups is 1. The second-order valence-electron chi connectivity index (χ2n) is 6.05. The maximum absolute atomic E-state index is 12.1. The molecule has 1 heterocycles. The van der Waals surface area contributed by atoms with Gasteiger partial charge in [-0.05, 0) is 31.6 Å². The van der Waals surface area contributed by atoms with Crippen molar-refractivity contribution >= 4 is 11.8 Å². The molecule has 4 nitrogen and oxygen atoms in total. The highest BCUT2D eigenvalue weighted by Gasteiger charge is 2.21. The highest BCUT2D eigenvalue weighted by molar-refractivity contribution is 5.91. The first-order chi connectivity index (χ1) is 11.2. The second-order valence-corrected chi connectivity index (χ2v) is 6.05. The van der Waals surface area contributed by atoms with E-state index in [1.807, 2.05) is 54.6 Å². The van der Waals surface area contributed by atoms with E-state index in [9.17, 15) is 4.79 Å². The molecule has 4 heteroatoms. The summed E-state index contributed by atoms with van der Waals surface area (Å²) >= 11 is 0. The molecule has 0 aromatic heterocycles. The van der Waals surface area contributed by atoms with Crippen molar-refractivity contribution in [3.8, 4) is 11.1 Å². The Kier molecular flexibility index (Phi) is 4.93. The van der Waals surface area contributed by atoms with Crippen molar-refractivity contribution in [1.29, 1.82) is 0 Å². The van der Waals surface area contributed by atoms with Crippen LogP contribution in [0.15, 0.2) is 54.6 Å². The number of nitrogens with one attached hydrogen (secondary N) is 1. The van der Waals surface area contributed by atoms with Crippen LogP contribution in [0.25, 0.3) is 11.1 Å². The Morgan fingerprint density at radius 3 is 2.65 bits per heavy atom. The fourth-order valence-electron chi connectivity index (χ4n) is 2.96. The summed E-state index contributed by atoms with van der Waals surface area (Å²) in [5.74, 6) is 0.440. The Balaban J connectivity index is 1.62. The molecular formula is C19H22N2O2. The van der Waals surface area contributed by atoms with Crippen LogP contribution in [0.3, 0.4) is 0 Å². The Labute approximate surface area is 137 Å². The number of benzene rings is 2. The van der Waals surface area contributed by atoms with E-state index in [2.05, 4.69) is 17.3 Å². The van der Waals surface area contributed by atoms with Crippen LogP contribution < -0.4 is 5.32 Å². The molecule has 120 valence electrons. The van der Waals surface area contributed by atoms with Gasteiger partial charge in [0, 0.05) is 18.0 Å². The Bertz CT molecular complexity index is 657. The fraction of sp³-hybridized carbons (Fsp3) is 0.316. The molecule has 1 saturated heterocycles. The summed E-state index contributed by atoms with van der Waals surface area (Å²) < 4.78 is 5.39. The summed E-state index contributed by atoms with van der Waals surface area (Å²) in [5.41, 5.74) is 2.83. The van der Waals surface area contributed by atoms with Gasteiger partial charge >= 0.3 is 6.09 Å². The van der Waals surface area contributed by atoms with Crippen molar-refractivity contribution in [3.63, 3.8) is 0 Å². The summed E-state index contributed by atoms with van der Waals surface area (Å²) in [5, 5.41) is 2.87. The molecule has 23 heavy (non-hydrogen) atoms. The quantitative estimate of drug-likeness (QED) is 0.932. The number of hydrogen-bond acceptors (Lipinski definition) is 3. The molecule has 2 aromatic rings. The van der Waals surface area contributed by atoms with Crippen LogP contribution in [-0.2, 0) is 4.74 Å². The van der Waals surface area contributed by atoms with E-state index in [1.165, 1.54) is 0 Å². The molecule has 1 amide bonds. The van der Waals surface area contributed by atoms with Gasteiger partial charge in [-0.15, -0.1) is 0 Å². The second kappa shape index (κ2) is 7.29. The van der Waals surface area contributed by atoms with E-state index in [0.29, 0.717) is 12.5 Å². The molecule has 1 N–H and O–H groups in total. The predicted octanol–water partition coefficient (Wildman–Crippen LogP) is 3.85. The lowest BCUT2D eigenvalue weighted by molar-refractivity contribution is 0.142. The van der Waals surface area contributed by atoms with Gasteiger partial charge in [-0.2, -0.15) is 0 Å². The zero-order valence-corrected chi connectivity index (χ0v) is 13.4. The number of amides is 1. The Hall–Kier alpha value is -2.33. The van der Waals surface area contributed by atoms with E-state index < -0.39 is 0 Å². The number of rotatable bonds is 4. The average Bonchev–Trinajstić information content (AvgIpc) is 3.00. The highest BCUT2D eigenvalue weighted by atomic mass is 16.5. The molecular weight excluding hydrogens is 288 g/mol. The molecule has 1 aliphatic rings. The number of anilines is 1. The van der Waals surface area contributed by atoms with E-state index in [-0.39, 0.29) is 6.09 Å². The topological polar surface area (TPSA) is 41.6 Å². The summed E-state index contributed by atoms with van der Waals surface area (Å²) in [7, 11) is 2.09. The lowest BCUT2D eigenvalue weighted by Crippen LogP contribution is -2.21. The van der Waals surface area contributed by atoms with Gasteiger partial charge in [0.1, 0.15) is 0 Å². The van der Waals surface area contributed by atoms with Crippen molar-refractivity contribution < 1.29 is 9.53 Å². The molecule has 1 atom stereocenters. The van der Waals surface area contributed by atoms with Crippen molar-refractivity contribution in [2.45, 2.75) is 6.42 Å². The van der Waals surface area contributed by atoms with Crippen LogP contribution in [-0.4, -0.2) is 37.7 Å². The van der Waals surface area contributed by atoms with E-state index in [1.54, 1.807) is 0 Å². The maximum Gasteiger partial charge on any atom is 0.411 e. The standard InChI is InChI=1S/C19H22N2O2/c1-21-12-11-15(13-21)14-23-19(22)20-18-10-6-5-9-17(18)16-7-3-2-4-8-16/h2-10,15H,11-14H2,1H3,(H,20,22). The Morgan fingerprint density at radius 2 is 1.91 bits per heavy atom. The lowest BCUT2D eigenvalue weighted by atomic mass is 10.0. The van der Waals surface area contributed by atoms with Crippen LogP contribution in [0.5, 0.6) is 0 Å². The smallest absolute Gasteiger partial charge is 0.411 e. The van der Waals surface area contributed by atoms with Crippen LogP contribution in [0.1, 0.15) is 6.42 Å². The number of hydrogen-bond donors (Lipinski definition) is 1. The highest BCUT2D eigenvalue weighted by Crippen LogP contribution is 2.27. The van der Waals surface area contributed by atoms with Gasteiger partial charge in [0.25, 0.3) is 0 Å². The number of nitrogens with zero attached hydrogens (tertiary/aromatic N) is 1. The molecule has 0 radical (unpaired) electrons. The third-order valence-electron chi connectivity index (χ3n) is 4.19. The normalized spacial score (nSPS) is 17.9. The summed E-state index contributed by atoms with van der Waals surface area (Å²) in [4.78, 5) is 14.3. The zero-order valence-electron chi connectivity index (χ0n) is 13.4. The van der Waals surface area contributed by atoms with Gasteiger partial charge in [-0.1, -0.05) is 48.5 Å². The lowest BCUT2D eigenvalue weighted by Gasteiger charge is -2.14. The number of para-hydroxylation sites is 1. The van der Waals surface area contributed by atoms with Gasteiger partial charge < -0.3 is 9.64 Å². The number of likely N-dealkylation sites (tertiary alicyclic amines) is 1. The first-order valence-corrected chi connectivity index (χ1v) is 7.99. The summed E-state index contributed by atoms with van der Waals surface area (Å²) in [6, 6.07) is 17.8. The predicted molar refractivity (Wildman–Crippen MR) is 92.5 cm³/mol. The number of ether oxygens (including phenoxy) is 1. The Morgan fingerprint density at radius 1 is 1.17 bits per heavy atom. The first kappa shape index (κ1) is 15.6. The molecule has 0 spiro atoms. The van der Waals surface area contributed by atoms with Crippen molar-refractivity contribution in [2.75, 3.05) is 32.1 Å². The molecule has 0 aliphatic carbocycles. The van der Waals surface area contributed by atoms with E-state index in [4.69, 9.17) is 4.74 Å². The summed E-state index contributed by atoms with van der Waals surface area (Å²) in [6.45, 7) is 2.55. The van der Waals surface area contributed by atoms with Crippen LogP contribution in [0.2, 0.25) is 0 Å². The largest absolute Gasteiger partial charge is 0.449 e. The van der Waals surface area contributed by atoms with E-state index >= 15 is 0 Å². The monoisotopic (exact) mass is 310 g/mol. The minimum absolute atomic E-state index is 0.386. The molecule has 1 unspecified atom stereocenters. The van der Waals surface area contributed by atoms with Gasteiger partial charge in [0.05, 0.1) is 12.3 Å². The van der Waals surface area contributed by atoms with Gasteiger partial charge in [0.15, 0.2) is 0 Å². The fourth-order valence-corrected chi connectivity index (χ4v) is 2.96. The van der Waals surface area contributed by atoms with Gasteiger partial charge in [0.2, 0.25) is 0 Å². The number of carbonyl (C=O) groups excluding carboxylic acids is 1. The van der Waals surface area contributed by atoms with Crippen molar-refractivity contribution in [1.82, 2.24) is 4.90 Å². The third kappa shape index (κ3) is 4.11.